The highest BCUT2D eigenvalue weighted by atomic mass is 35.5. The summed E-state index contributed by atoms with van der Waals surface area (Å²) in [4.78, 5) is 4.44. The minimum atomic E-state index is -0.244. The van der Waals surface area contributed by atoms with Gasteiger partial charge >= 0.3 is 0 Å². The first-order valence-electron chi connectivity index (χ1n) is 6.62. The van der Waals surface area contributed by atoms with Crippen molar-refractivity contribution in [3.05, 3.63) is 53.0 Å². The van der Waals surface area contributed by atoms with Gasteiger partial charge in [0.2, 0.25) is 5.88 Å². The van der Waals surface area contributed by atoms with Crippen molar-refractivity contribution < 1.29 is 9.13 Å². The molecule has 106 valence electrons. The Balaban J connectivity index is 2.27. The van der Waals surface area contributed by atoms with Gasteiger partial charge in [0.25, 0.3) is 0 Å². The highest BCUT2D eigenvalue weighted by Crippen LogP contribution is 2.24. The summed E-state index contributed by atoms with van der Waals surface area (Å²) in [6.07, 6.45) is 1.89. The first-order chi connectivity index (χ1) is 9.62. The summed E-state index contributed by atoms with van der Waals surface area (Å²) in [6.45, 7) is 3.80. The molecule has 0 fully saturated rings. The van der Waals surface area contributed by atoms with E-state index >= 15 is 0 Å². The fraction of sp³-hybridized carbons (Fsp3) is 0.312. The van der Waals surface area contributed by atoms with Crippen LogP contribution >= 0.6 is 11.6 Å². The van der Waals surface area contributed by atoms with Gasteiger partial charge in [0.05, 0.1) is 0 Å². The lowest BCUT2D eigenvalue weighted by Crippen LogP contribution is -1.96. The average molecular weight is 294 g/mol. The minimum Gasteiger partial charge on any atom is -0.439 e. The lowest BCUT2D eigenvalue weighted by atomic mass is 10.2. The van der Waals surface area contributed by atoms with Crippen LogP contribution in [-0.2, 0) is 12.3 Å². The lowest BCUT2D eigenvalue weighted by Gasteiger charge is -2.09. The molecule has 1 aromatic heterocycles. The molecule has 0 atom stereocenters. The molecule has 0 N–H and O–H groups in total. The van der Waals surface area contributed by atoms with Gasteiger partial charge in [-0.2, -0.15) is 0 Å². The van der Waals surface area contributed by atoms with Crippen LogP contribution in [0.15, 0.2) is 30.3 Å². The van der Waals surface area contributed by atoms with Crippen molar-refractivity contribution in [1.29, 1.82) is 0 Å². The van der Waals surface area contributed by atoms with E-state index in [1.165, 1.54) is 6.07 Å². The van der Waals surface area contributed by atoms with Crippen LogP contribution in [0.4, 0.5) is 4.39 Å². The Kier molecular flexibility index (Phi) is 4.96. The third-order valence-electron chi connectivity index (χ3n) is 2.93. The second-order valence-electron chi connectivity index (χ2n) is 4.70. The smallest absolute Gasteiger partial charge is 0.219 e. The molecule has 0 bridgehead atoms. The molecule has 1 aromatic carbocycles. The maximum Gasteiger partial charge on any atom is 0.219 e. The molecule has 0 unspecified atom stereocenters. The Bertz CT molecular complexity index is 601. The second kappa shape index (κ2) is 6.71. The molecule has 0 amide bonds. The van der Waals surface area contributed by atoms with Gasteiger partial charge in [0.15, 0.2) is 0 Å². The first kappa shape index (κ1) is 14.8. The van der Waals surface area contributed by atoms with E-state index in [0.29, 0.717) is 23.1 Å². The Morgan fingerprint density at radius 2 is 2.05 bits per heavy atom. The van der Waals surface area contributed by atoms with Gasteiger partial charge in [-0.15, -0.1) is 11.6 Å². The normalized spacial score (nSPS) is 10.6. The molecule has 1 heterocycles. The zero-order chi connectivity index (χ0) is 14.5. The van der Waals surface area contributed by atoms with E-state index in [2.05, 4.69) is 11.9 Å². The topological polar surface area (TPSA) is 22.1 Å². The molecule has 2 nitrogen and oxygen atoms in total. The summed E-state index contributed by atoms with van der Waals surface area (Å²) in [5.41, 5.74) is 2.48. The van der Waals surface area contributed by atoms with Gasteiger partial charge < -0.3 is 4.74 Å². The fourth-order valence-electron chi connectivity index (χ4n) is 1.94. The van der Waals surface area contributed by atoms with Gasteiger partial charge in [-0.1, -0.05) is 13.3 Å². The summed E-state index contributed by atoms with van der Waals surface area (Å²) >= 11 is 5.89. The van der Waals surface area contributed by atoms with Crippen molar-refractivity contribution in [1.82, 2.24) is 4.98 Å². The molecule has 0 aliphatic rings. The largest absolute Gasteiger partial charge is 0.439 e. The predicted octanol–water partition coefficient (Wildman–Crippen LogP) is 5.01. The fourth-order valence-corrected chi connectivity index (χ4v) is 2.09. The van der Waals surface area contributed by atoms with Crippen LogP contribution < -0.4 is 4.74 Å². The molecule has 0 aliphatic carbocycles. The SMILES string of the molecule is CCCc1cc(CCl)cc(Oc2ccc(F)c(C)c2)n1. The third-order valence-corrected chi connectivity index (χ3v) is 3.24. The molecule has 0 radical (unpaired) electrons. The lowest BCUT2D eigenvalue weighted by molar-refractivity contribution is 0.457. The molecular weight excluding hydrogens is 277 g/mol. The maximum absolute atomic E-state index is 13.2. The highest BCUT2D eigenvalue weighted by Gasteiger charge is 2.06. The standard InChI is InChI=1S/C16H17ClFNO/c1-3-4-13-8-12(10-17)9-16(19-13)20-14-5-6-15(18)11(2)7-14/h5-9H,3-4,10H2,1-2H3. The summed E-state index contributed by atoms with van der Waals surface area (Å²) in [7, 11) is 0. The number of aryl methyl sites for hydroxylation is 2. The Morgan fingerprint density at radius 3 is 2.70 bits per heavy atom. The van der Waals surface area contributed by atoms with E-state index in [0.717, 1.165) is 24.1 Å². The van der Waals surface area contributed by atoms with Crippen molar-refractivity contribution in [2.75, 3.05) is 0 Å². The number of aromatic nitrogens is 1. The van der Waals surface area contributed by atoms with Crippen LogP contribution in [0.1, 0.15) is 30.2 Å². The first-order valence-corrected chi connectivity index (χ1v) is 7.15. The molecule has 0 saturated carbocycles. The van der Waals surface area contributed by atoms with Crippen LogP contribution in [0.2, 0.25) is 0 Å². The number of pyridine rings is 1. The number of nitrogens with zero attached hydrogens (tertiary/aromatic N) is 1. The van der Waals surface area contributed by atoms with E-state index in [1.807, 2.05) is 12.1 Å². The van der Waals surface area contributed by atoms with Gasteiger partial charge in [0.1, 0.15) is 11.6 Å². The number of rotatable bonds is 5. The van der Waals surface area contributed by atoms with Gasteiger partial charge in [-0.25, -0.2) is 9.37 Å². The van der Waals surface area contributed by atoms with E-state index in [4.69, 9.17) is 16.3 Å². The number of hydrogen-bond donors (Lipinski definition) is 0. The maximum atomic E-state index is 13.2. The number of hydrogen-bond acceptors (Lipinski definition) is 2. The van der Waals surface area contributed by atoms with Gasteiger partial charge in [-0.05, 0) is 48.7 Å². The van der Waals surface area contributed by atoms with E-state index in [1.54, 1.807) is 19.1 Å². The van der Waals surface area contributed by atoms with Crippen molar-refractivity contribution in [2.24, 2.45) is 0 Å². The van der Waals surface area contributed by atoms with Crippen LogP contribution in [0.25, 0.3) is 0 Å². The molecular formula is C16H17ClFNO. The van der Waals surface area contributed by atoms with Crippen LogP contribution in [-0.4, -0.2) is 4.98 Å². The number of halogens is 2. The molecule has 2 aromatic rings. The summed E-state index contributed by atoms with van der Waals surface area (Å²) in [5, 5.41) is 0. The predicted molar refractivity (Wildman–Crippen MR) is 79.0 cm³/mol. The van der Waals surface area contributed by atoms with E-state index < -0.39 is 0 Å². The summed E-state index contributed by atoms with van der Waals surface area (Å²) in [5.74, 6) is 1.24. The minimum absolute atomic E-state index is 0.244. The van der Waals surface area contributed by atoms with Crippen molar-refractivity contribution >= 4 is 11.6 Å². The van der Waals surface area contributed by atoms with Gasteiger partial charge in [-0.3, -0.25) is 0 Å². The molecule has 2 rings (SSSR count). The summed E-state index contributed by atoms with van der Waals surface area (Å²) in [6, 6.07) is 8.44. The number of ether oxygens (including phenoxy) is 1. The Morgan fingerprint density at radius 1 is 1.25 bits per heavy atom. The van der Waals surface area contributed by atoms with Gasteiger partial charge in [0, 0.05) is 17.6 Å². The van der Waals surface area contributed by atoms with Crippen molar-refractivity contribution in [3.63, 3.8) is 0 Å². The monoisotopic (exact) mass is 293 g/mol. The second-order valence-corrected chi connectivity index (χ2v) is 4.97. The average Bonchev–Trinajstić information content (AvgIpc) is 2.43. The molecule has 0 saturated heterocycles. The quantitative estimate of drug-likeness (QED) is 0.723. The number of alkyl halides is 1. The van der Waals surface area contributed by atoms with Crippen LogP contribution in [0, 0.1) is 12.7 Å². The highest BCUT2D eigenvalue weighted by molar-refractivity contribution is 6.17. The zero-order valence-electron chi connectivity index (χ0n) is 11.6. The van der Waals surface area contributed by atoms with E-state index in [-0.39, 0.29) is 5.82 Å². The van der Waals surface area contributed by atoms with Crippen LogP contribution in [0.3, 0.4) is 0 Å². The Labute approximate surface area is 123 Å². The molecule has 0 spiro atoms. The van der Waals surface area contributed by atoms with E-state index in [9.17, 15) is 4.39 Å². The molecule has 0 aliphatic heterocycles. The molecule has 4 heteroatoms. The third kappa shape index (κ3) is 3.70. The molecule has 20 heavy (non-hydrogen) atoms. The number of benzene rings is 1. The summed E-state index contributed by atoms with van der Waals surface area (Å²) < 4.78 is 18.9. The van der Waals surface area contributed by atoms with Crippen molar-refractivity contribution in [3.8, 4) is 11.6 Å². The zero-order valence-corrected chi connectivity index (χ0v) is 12.4. The van der Waals surface area contributed by atoms with Crippen molar-refractivity contribution in [2.45, 2.75) is 32.6 Å². The Hall–Kier alpha value is -1.61. The van der Waals surface area contributed by atoms with Crippen LogP contribution in [0.5, 0.6) is 11.6 Å².